The number of fused-ring (bicyclic) bond motifs is 1. The van der Waals surface area contributed by atoms with Crippen LogP contribution in [0.2, 0.25) is 0 Å². The number of halogens is 1. The van der Waals surface area contributed by atoms with Gasteiger partial charge in [0.05, 0.1) is 4.90 Å². The maximum absolute atomic E-state index is 13.1. The molecule has 3 rings (SSSR count). The van der Waals surface area contributed by atoms with E-state index in [4.69, 9.17) is 0 Å². The molecule has 0 saturated carbocycles. The van der Waals surface area contributed by atoms with E-state index in [0.717, 1.165) is 29.8 Å². The fourth-order valence-electron chi connectivity index (χ4n) is 3.25. The quantitative estimate of drug-likeness (QED) is 0.873. The first-order chi connectivity index (χ1) is 12.3. The molecule has 26 heavy (non-hydrogen) atoms. The van der Waals surface area contributed by atoms with Gasteiger partial charge in [-0.1, -0.05) is 25.1 Å². The molecule has 0 bridgehead atoms. The first kappa shape index (κ1) is 18.5. The largest absolute Gasteiger partial charge is 0.308 e. The molecule has 2 aromatic carbocycles. The number of sulfonamides is 1. The lowest BCUT2D eigenvalue weighted by Gasteiger charge is -2.27. The van der Waals surface area contributed by atoms with Crippen molar-refractivity contribution in [3.05, 3.63) is 59.9 Å². The maximum Gasteiger partial charge on any atom is 0.245 e. The highest BCUT2D eigenvalue weighted by atomic mass is 32.2. The molecule has 0 radical (unpaired) electrons. The summed E-state index contributed by atoms with van der Waals surface area (Å²) in [7, 11) is -3.92. The van der Waals surface area contributed by atoms with Crippen LogP contribution < -0.4 is 9.62 Å². The van der Waals surface area contributed by atoms with Gasteiger partial charge in [-0.2, -0.15) is 4.72 Å². The fraction of sp³-hybridized carbons (Fsp3) is 0.316. The molecule has 1 aliphatic heterocycles. The van der Waals surface area contributed by atoms with Gasteiger partial charge in [0.1, 0.15) is 11.9 Å². The number of hydrogen-bond acceptors (Lipinski definition) is 3. The molecule has 2 aromatic rings. The molecular weight excluding hydrogens is 355 g/mol. The zero-order valence-corrected chi connectivity index (χ0v) is 15.5. The monoisotopic (exact) mass is 376 g/mol. The Morgan fingerprint density at radius 2 is 1.88 bits per heavy atom. The zero-order valence-electron chi connectivity index (χ0n) is 14.6. The third-order valence-electron chi connectivity index (χ3n) is 4.57. The SMILES string of the molecule is CCC(NS(=O)(=O)c1ccc(F)cc1)C(=O)N1c2ccccc2CC1C. The van der Waals surface area contributed by atoms with Crippen molar-refractivity contribution in [2.45, 2.75) is 43.7 Å². The summed E-state index contributed by atoms with van der Waals surface area (Å²) >= 11 is 0. The molecule has 138 valence electrons. The van der Waals surface area contributed by atoms with Gasteiger partial charge in [-0.25, -0.2) is 12.8 Å². The smallest absolute Gasteiger partial charge is 0.245 e. The molecule has 1 N–H and O–H groups in total. The van der Waals surface area contributed by atoms with Gasteiger partial charge in [-0.15, -0.1) is 0 Å². The van der Waals surface area contributed by atoms with Crippen LogP contribution in [0.5, 0.6) is 0 Å². The molecule has 2 unspecified atom stereocenters. The predicted octanol–water partition coefficient (Wildman–Crippen LogP) is 2.86. The van der Waals surface area contributed by atoms with Gasteiger partial charge >= 0.3 is 0 Å². The molecule has 1 aliphatic rings. The first-order valence-corrected chi connectivity index (χ1v) is 10.0. The number of para-hydroxylation sites is 1. The summed E-state index contributed by atoms with van der Waals surface area (Å²) in [6, 6.07) is 11.2. The zero-order chi connectivity index (χ0) is 18.9. The van der Waals surface area contributed by atoms with Crippen molar-refractivity contribution in [2.24, 2.45) is 0 Å². The normalized spacial score (nSPS) is 17.8. The fourth-order valence-corrected chi connectivity index (χ4v) is 4.52. The summed E-state index contributed by atoms with van der Waals surface area (Å²) in [5, 5.41) is 0. The predicted molar refractivity (Wildman–Crippen MR) is 97.9 cm³/mol. The summed E-state index contributed by atoms with van der Waals surface area (Å²) in [5.41, 5.74) is 1.90. The summed E-state index contributed by atoms with van der Waals surface area (Å²) in [6.45, 7) is 3.70. The number of hydrogen-bond donors (Lipinski definition) is 1. The summed E-state index contributed by atoms with van der Waals surface area (Å²) in [5.74, 6) is -0.801. The van der Waals surface area contributed by atoms with Crippen molar-refractivity contribution in [1.29, 1.82) is 0 Å². The van der Waals surface area contributed by atoms with Crippen molar-refractivity contribution in [3.63, 3.8) is 0 Å². The van der Waals surface area contributed by atoms with E-state index in [1.165, 1.54) is 12.1 Å². The molecule has 0 saturated heterocycles. The number of nitrogens with one attached hydrogen (secondary N) is 1. The minimum Gasteiger partial charge on any atom is -0.308 e. The Labute approximate surface area is 152 Å². The van der Waals surface area contributed by atoms with Gasteiger partial charge in [0, 0.05) is 11.7 Å². The molecule has 0 aliphatic carbocycles. The number of anilines is 1. The molecule has 0 fully saturated rings. The van der Waals surface area contributed by atoms with E-state index in [9.17, 15) is 17.6 Å². The van der Waals surface area contributed by atoms with E-state index in [-0.39, 0.29) is 16.8 Å². The Kier molecular flexibility index (Phi) is 5.11. The van der Waals surface area contributed by atoms with Crippen LogP contribution in [0.25, 0.3) is 0 Å². The standard InChI is InChI=1S/C19H21FN2O3S/c1-3-17(21-26(24,25)16-10-8-15(20)9-11-16)19(23)22-13(2)12-14-6-4-5-7-18(14)22/h4-11,13,17,21H,3,12H2,1-2H3. The van der Waals surface area contributed by atoms with Gasteiger partial charge in [-0.05, 0) is 55.7 Å². The second kappa shape index (κ2) is 7.17. The molecular formula is C19H21FN2O3S. The van der Waals surface area contributed by atoms with Crippen molar-refractivity contribution < 1.29 is 17.6 Å². The lowest BCUT2D eigenvalue weighted by molar-refractivity contribution is -0.120. The van der Waals surface area contributed by atoms with E-state index in [2.05, 4.69) is 4.72 Å². The number of carbonyl (C=O) groups excluding carboxylic acids is 1. The molecule has 5 nitrogen and oxygen atoms in total. The second-order valence-corrected chi connectivity index (χ2v) is 8.14. The van der Waals surface area contributed by atoms with Crippen molar-refractivity contribution in [3.8, 4) is 0 Å². The number of benzene rings is 2. The van der Waals surface area contributed by atoms with Crippen LogP contribution in [0.15, 0.2) is 53.4 Å². The van der Waals surface area contributed by atoms with Gasteiger partial charge in [-0.3, -0.25) is 4.79 Å². The minimum atomic E-state index is -3.92. The van der Waals surface area contributed by atoms with E-state index in [1.807, 2.05) is 31.2 Å². The van der Waals surface area contributed by atoms with Crippen molar-refractivity contribution in [1.82, 2.24) is 4.72 Å². The Morgan fingerprint density at radius 1 is 1.23 bits per heavy atom. The van der Waals surface area contributed by atoms with Crippen LogP contribution in [0, 0.1) is 5.82 Å². The Hall–Kier alpha value is -2.25. The molecule has 2 atom stereocenters. The minimum absolute atomic E-state index is 0.0377. The summed E-state index contributed by atoms with van der Waals surface area (Å²) in [4.78, 5) is 14.6. The molecule has 1 heterocycles. The van der Waals surface area contributed by atoms with Crippen LogP contribution in [-0.2, 0) is 21.2 Å². The Balaban J connectivity index is 1.85. The highest BCUT2D eigenvalue weighted by Crippen LogP contribution is 2.32. The number of rotatable bonds is 5. The summed E-state index contributed by atoms with van der Waals surface area (Å²) < 4.78 is 40.6. The average molecular weight is 376 g/mol. The average Bonchev–Trinajstić information content (AvgIpc) is 2.95. The second-order valence-electron chi connectivity index (χ2n) is 6.43. The lowest BCUT2D eigenvalue weighted by atomic mass is 10.1. The molecule has 1 amide bonds. The number of nitrogens with zero attached hydrogens (tertiary/aromatic N) is 1. The van der Waals surface area contributed by atoms with Crippen LogP contribution in [0.4, 0.5) is 10.1 Å². The topological polar surface area (TPSA) is 66.5 Å². The van der Waals surface area contributed by atoms with Gasteiger partial charge in [0.15, 0.2) is 0 Å². The maximum atomic E-state index is 13.1. The number of amides is 1. The highest BCUT2D eigenvalue weighted by molar-refractivity contribution is 7.89. The van der Waals surface area contributed by atoms with E-state index >= 15 is 0 Å². The van der Waals surface area contributed by atoms with Crippen LogP contribution in [0.3, 0.4) is 0 Å². The van der Waals surface area contributed by atoms with Crippen molar-refractivity contribution in [2.75, 3.05) is 4.90 Å². The van der Waals surface area contributed by atoms with Gasteiger partial charge in [0.2, 0.25) is 15.9 Å². The third-order valence-corrected chi connectivity index (χ3v) is 6.06. The Morgan fingerprint density at radius 3 is 2.54 bits per heavy atom. The molecule has 7 heteroatoms. The Bertz CT molecular complexity index is 913. The summed E-state index contributed by atoms with van der Waals surface area (Å²) in [6.07, 6.45) is 1.05. The van der Waals surface area contributed by atoms with Crippen LogP contribution >= 0.6 is 0 Å². The van der Waals surface area contributed by atoms with E-state index < -0.39 is 21.9 Å². The van der Waals surface area contributed by atoms with Gasteiger partial charge < -0.3 is 4.90 Å². The molecule has 0 aromatic heterocycles. The van der Waals surface area contributed by atoms with Crippen molar-refractivity contribution >= 4 is 21.6 Å². The van der Waals surface area contributed by atoms with E-state index in [1.54, 1.807) is 11.8 Å². The first-order valence-electron chi connectivity index (χ1n) is 8.52. The van der Waals surface area contributed by atoms with Crippen LogP contribution in [0.1, 0.15) is 25.8 Å². The van der Waals surface area contributed by atoms with E-state index in [0.29, 0.717) is 6.42 Å². The molecule has 0 spiro atoms. The van der Waals surface area contributed by atoms with Gasteiger partial charge in [0.25, 0.3) is 0 Å². The third kappa shape index (κ3) is 3.50. The highest BCUT2D eigenvalue weighted by Gasteiger charge is 2.35. The lowest BCUT2D eigenvalue weighted by Crippen LogP contribution is -2.50. The number of carbonyl (C=O) groups is 1. The van der Waals surface area contributed by atoms with Crippen LogP contribution in [-0.4, -0.2) is 26.4 Å².